The molecule has 2 aromatic heterocycles. The highest BCUT2D eigenvalue weighted by atomic mass is 32.1. The predicted octanol–water partition coefficient (Wildman–Crippen LogP) is 3.61. The SMILES string of the molecule is CC(C)(C)OC(=O)NCC(=O)Nc1nc(-c2cccc(C(F)F)n2)cs1. The van der Waals surface area contributed by atoms with Crippen molar-refractivity contribution in [3.05, 3.63) is 29.3 Å². The number of pyridine rings is 1. The summed E-state index contributed by atoms with van der Waals surface area (Å²) in [7, 11) is 0. The molecule has 0 radical (unpaired) electrons. The smallest absolute Gasteiger partial charge is 0.408 e. The van der Waals surface area contributed by atoms with Gasteiger partial charge in [0.15, 0.2) is 5.13 Å². The van der Waals surface area contributed by atoms with Crippen LogP contribution in [0.15, 0.2) is 23.6 Å². The molecule has 0 aromatic carbocycles. The molecule has 2 N–H and O–H groups in total. The Labute approximate surface area is 152 Å². The number of rotatable bonds is 5. The van der Waals surface area contributed by atoms with E-state index in [1.807, 2.05) is 0 Å². The third kappa shape index (κ3) is 6.03. The molecule has 0 spiro atoms. The first-order valence-electron chi connectivity index (χ1n) is 7.62. The lowest BCUT2D eigenvalue weighted by atomic mass is 10.2. The Morgan fingerprint density at radius 1 is 1.23 bits per heavy atom. The summed E-state index contributed by atoms with van der Waals surface area (Å²) >= 11 is 1.12. The first-order chi connectivity index (χ1) is 12.1. The van der Waals surface area contributed by atoms with Gasteiger partial charge < -0.3 is 15.4 Å². The number of anilines is 1. The van der Waals surface area contributed by atoms with Crippen molar-refractivity contribution in [3.8, 4) is 11.4 Å². The zero-order chi connectivity index (χ0) is 19.3. The second-order valence-corrected chi connectivity index (χ2v) is 7.05. The summed E-state index contributed by atoms with van der Waals surface area (Å²) in [6.45, 7) is 4.84. The number of alkyl halides is 2. The number of hydrogen-bond acceptors (Lipinski definition) is 6. The van der Waals surface area contributed by atoms with Gasteiger partial charge in [-0.25, -0.2) is 23.5 Å². The first-order valence-corrected chi connectivity index (χ1v) is 8.50. The van der Waals surface area contributed by atoms with Gasteiger partial charge in [0.25, 0.3) is 6.43 Å². The summed E-state index contributed by atoms with van der Waals surface area (Å²) in [5.74, 6) is -0.494. The van der Waals surface area contributed by atoms with Gasteiger partial charge in [-0.15, -0.1) is 11.3 Å². The highest BCUT2D eigenvalue weighted by Gasteiger charge is 2.17. The van der Waals surface area contributed by atoms with Crippen molar-refractivity contribution in [1.29, 1.82) is 0 Å². The second kappa shape index (κ2) is 8.17. The fourth-order valence-electron chi connectivity index (χ4n) is 1.79. The average Bonchev–Trinajstić information content (AvgIpc) is 3.00. The quantitative estimate of drug-likeness (QED) is 0.821. The average molecular weight is 384 g/mol. The molecule has 0 unspecified atom stereocenters. The molecule has 0 fully saturated rings. The van der Waals surface area contributed by atoms with Crippen LogP contribution >= 0.6 is 11.3 Å². The molecule has 0 aliphatic heterocycles. The number of ether oxygens (including phenoxy) is 1. The molecular weight excluding hydrogens is 366 g/mol. The van der Waals surface area contributed by atoms with E-state index < -0.39 is 24.0 Å². The highest BCUT2D eigenvalue weighted by Crippen LogP contribution is 2.25. The van der Waals surface area contributed by atoms with Crippen molar-refractivity contribution in [2.24, 2.45) is 0 Å². The van der Waals surface area contributed by atoms with E-state index in [2.05, 4.69) is 20.6 Å². The highest BCUT2D eigenvalue weighted by molar-refractivity contribution is 7.14. The van der Waals surface area contributed by atoms with Gasteiger partial charge in [0.2, 0.25) is 5.91 Å². The zero-order valence-corrected chi connectivity index (χ0v) is 15.2. The lowest BCUT2D eigenvalue weighted by Crippen LogP contribution is -2.37. The van der Waals surface area contributed by atoms with Crippen LogP contribution < -0.4 is 10.6 Å². The lowest BCUT2D eigenvalue weighted by Gasteiger charge is -2.19. The van der Waals surface area contributed by atoms with E-state index in [9.17, 15) is 18.4 Å². The zero-order valence-electron chi connectivity index (χ0n) is 14.4. The minimum atomic E-state index is -2.67. The third-order valence-corrected chi connectivity index (χ3v) is 3.56. The molecule has 26 heavy (non-hydrogen) atoms. The van der Waals surface area contributed by atoms with Gasteiger partial charge in [0.05, 0.1) is 5.69 Å². The Morgan fingerprint density at radius 2 is 1.96 bits per heavy atom. The largest absolute Gasteiger partial charge is 0.444 e. The number of thiazole rings is 1. The van der Waals surface area contributed by atoms with Crippen molar-refractivity contribution in [2.45, 2.75) is 32.8 Å². The van der Waals surface area contributed by atoms with Crippen LogP contribution in [0.25, 0.3) is 11.4 Å². The Bertz CT molecular complexity index is 790. The summed E-state index contributed by atoms with van der Waals surface area (Å²) in [5.41, 5.74) is -0.355. The lowest BCUT2D eigenvalue weighted by molar-refractivity contribution is -0.115. The van der Waals surface area contributed by atoms with E-state index in [1.54, 1.807) is 32.2 Å². The van der Waals surface area contributed by atoms with Crippen LogP contribution in [0.4, 0.5) is 18.7 Å². The molecule has 2 heterocycles. The van der Waals surface area contributed by atoms with Crippen molar-refractivity contribution in [3.63, 3.8) is 0 Å². The maximum Gasteiger partial charge on any atom is 0.408 e. The number of amides is 2. The predicted molar refractivity (Wildman–Crippen MR) is 93.2 cm³/mol. The van der Waals surface area contributed by atoms with Crippen molar-refractivity contribution >= 4 is 28.5 Å². The van der Waals surface area contributed by atoms with Crippen LogP contribution in [0.5, 0.6) is 0 Å². The van der Waals surface area contributed by atoms with E-state index in [4.69, 9.17) is 4.74 Å². The van der Waals surface area contributed by atoms with Gasteiger partial charge in [-0.05, 0) is 32.9 Å². The number of halogens is 2. The Morgan fingerprint density at radius 3 is 2.62 bits per heavy atom. The van der Waals surface area contributed by atoms with E-state index in [0.717, 1.165) is 11.3 Å². The van der Waals surface area contributed by atoms with Crippen LogP contribution in [-0.2, 0) is 9.53 Å². The van der Waals surface area contributed by atoms with Crippen LogP contribution in [0.3, 0.4) is 0 Å². The van der Waals surface area contributed by atoms with Crippen molar-refractivity contribution < 1.29 is 23.1 Å². The molecule has 2 aromatic rings. The minimum absolute atomic E-state index is 0.264. The number of alkyl carbamates (subject to hydrolysis) is 1. The summed E-state index contributed by atoms with van der Waals surface area (Å²) in [5, 5.41) is 6.69. The number of hydrogen-bond donors (Lipinski definition) is 2. The molecule has 0 saturated heterocycles. The number of aromatic nitrogens is 2. The van der Waals surface area contributed by atoms with Crippen LogP contribution in [-0.4, -0.2) is 34.1 Å². The molecular formula is C16H18F2N4O3S. The molecule has 2 rings (SSSR count). The summed E-state index contributed by atoms with van der Waals surface area (Å²) in [6.07, 6.45) is -3.38. The molecule has 0 aliphatic carbocycles. The van der Waals surface area contributed by atoms with E-state index >= 15 is 0 Å². The van der Waals surface area contributed by atoms with Gasteiger partial charge in [-0.2, -0.15) is 0 Å². The topological polar surface area (TPSA) is 93.2 Å². The van der Waals surface area contributed by atoms with Crippen molar-refractivity contribution in [1.82, 2.24) is 15.3 Å². The Hall–Kier alpha value is -2.62. The van der Waals surface area contributed by atoms with E-state index in [0.29, 0.717) is 5.69 Å². The summed E-state index contributed by atoms with van der Waals surface area (Å²) in [4.78, 5) is 31.3. The Kier molecular flexibility index (Phi) is 6.19. The van der Waals surface area contributed by atoms with Gasteiger partial charge in [0, 0.05) is 5.38 Å². The van der Waals surface area contributed by atoms with Crippen LogP contribution in [0, 0.1) is 0 Å². The van der Waals surface area contributed by atoms with Crippen LogP contribution in [0.1, 0.15) is 32.9 Å². The minimum Gasteiger partial charge on any atom is -0.444 e. The van der Waals surface area contributed by atoms with Gasteiger partial charge in [0.1, 0.15) is 23.5 Å². The normalized spacial score (nSPS) is 11.3. The van der Waals surface area contributed by atoms with Gasteiger partial charge in [-0.3, -0.25) is 4.79 Å². The summed E-state index contributed by atoms with van der Waals surface area (Å²) < 4.78 is 30.4. The number of carbonyl (C=O) groups excluding carboxylic acids is 2. The molecule has 0 atom stereocenters. The maximum atomic E-state index is 12.7. The number of nitrogens with zero attached hydrogens (tertiary/aromatic N) is 2. The van der Waals surface area contributed by atoms with E-state index in [-0.39, 0.29) is 23.1 Å². The molecule has 7 nitrogen and oxygen atoms in total. The monoisotopic (exact) mass is 384 g/mol. The maximum absolute atomic E-state index is 12.7. The third-order valence-electron chi connectivity index (χ3n) is 2.80. The van der Waals surface area contributed by atoms with Gasteiger partial charge >= 0.3 is 6.09 Å². The number of carbonyl (C=O) groups is 2. The number of nitrogens with one attached hydrogen (secondary N) is 2. The van der Waals surface area contributed by atoms with Crippen molar-refractivity contribution in [2.75, 3.05) is 11.9 Å². The fourth-order valence-corrected chi connectivity index (χ4v) is 2.52. The molecule has 140 valence electrons. The second-order valence-electron chi connectivity index (χ2n) is 6.19. The molecule has 0 bridgehead atoms. The standard InChI is InChI=1S/C16H18F2N4O3S/c1-16(2,3)25-15(24)19-7-12(23)22-14-21-11(8-26-14)9-5-4-6-10(20-9)13(17)18/h4-6,8,13H,7H2,1-3H3,(H,19,24)(H,21,22,23). The fraction of sp³-hybridized carbons (Fsp3) is 0.375. The molecule has 10 heteroatoms. The van der Waals surface area contributed by atoms with E-state index in [1.165, 1.54) is 12.1 Å². The molecule has 0 aliphatic rings. The Balaban J connectivity index is 1.93. The summed E-state index contributed by atoms with van der Waals surface area (Å²) in [6, 6.07) is 4.24. The van der Waals surface area contributed by atoms with Crippen LogP contribution in [0.2, 0.25) is 0 Å². The molecule has 0 saturated carbocycles. The first kappa shape index (κ1) is 19.7. The van der Waals surface area contributed by atoms with Gasteiger partial charge in [-0.1, -0.05) is 6.07 Å². The molecule has 2 amide bonds.